The summed E-state index contributed by atoms with van der Waals surface area (Å²) in [4.78, 5) is 17.9. The molecule has 1 aliphatic heterocycles. The van der Waals surface area contributed by atoms with Crippen molar-refractivity contribution in [2.75, 3.05) is 18.9 Å². The number of pyridine rings is 1. The second-order valence-electron chi connectivity index (χ2n) is 7.57. The molecule has 0 saturated heterocycles. The van der Waals surface area contributed by atoms with Gasteiger partial charge in [-0.3, -0.25) is 4.79 Å². The van der Waals surface area contributed by atoms with Crippen LogP contribution in [0.3, 0.4) is 0 Å². The van der Waals surface area contributed by atoms with Crippen LogP contribution in [0.5, 0.6) is 0 Å². The summed E-state index contributed by atoms with van der Waals surface area (Å²) in [5, 5.41) is 4.12. The molecular formula is C22H26N4O. The van der Waals surface area contributed by atoms with Crippen LogP contribution in [-0.4, -0.2) is 34.0 Å². The first-order chi connectivity index (χ1) is 13.0. The molecule has 2 aromatic heterocycles. The largest absolute Gasteiger partial charge is 0.344 e. The molecule has 5 heteroatoms. The third-order valence-electron chi connectivity index (χ3n) is 5.35. The van der Waals surface area contributed by atoms with Crippen LogP contribution >= 0.6 is 0 Å². The summed E-state index contributed by atoms with van der Waals surface area (Å²) in [7, 11) is 2.20. The summed E-state index contributed by atoms with van der Waals surface area (Å²) >= 11 is 0. The first-order valence-corrected chi connectivity index (χ1v) is 9.53. The Bertz CT molecular complexity index is 988. The van der Waals surface area contributed by atoms with E-state index in [2.05, 4.69) is 51.9 Å². The van der Waals surface area contributed by atoms with E-state index in [-0.39, 0.29) is 5.91 Å². The van der Waals surface area contributed by atoms with Gasteiger partial charge in [-0.1, -0.05) is 17.7 Å². The molecule has 27 heavy (non-hydrogen) atoms. The van der Waals surface area contributed by atoms with Crippen LogP contribution in [0.25, 0.3) is 10.9 Å². The second-order valence-corrected chi connectivity index (χ2v) is 7.57. The molecule has 1 amide bonds. The molecule has 1 N–H and O–H groups in total. The van der Waals surface area contributed by atoms with Gasteiger partial charge < -0.3 is 14.8 Å². The van der Waals surface area contributed by atoms with Crippen molar-refractivity contribution in [2.24, 2.45) is 0 Å². The highest BCUT2D eigenvalue weighted by molar-refractivity contribution is 5.87. The Morgan fingerprint density at radius 1 is 1.26 bits per heavy atom. The lowest BCUT2D eigenvalue weighted by molar-refractivity contribution is -0.114. The standard InChI is InChI=1S/C22H26N4O/c1-15-4-6-20-18(12-15)19-14-25(3)10-9-21(19)26(20)11-8-17-5-7-22(23-13-17)24-16(2)27/h4-7,12-13H,8-11,14H2,1-3H3,(H,23,24,27). The Kier molecular flexibility index (Phi) is 4.70. The monoisotopic (exact) mass is 362 g/mol. The number of hydrogen-bond donors (Lipinski definition) is 1. The van der Waals surface area contributed by atoms with Gasteiger partial charge in [0.1, 0.15) is 5.82 Å². The maximum atomic E-state index is 11.1. The normalized spacial score (nSPS) is 14.3. The van der Waals surface area contributed by atoms with Gasteiger partial charge in [-0.15, -0.1) is 0 Å². The highest BCUT2D eigenvalue weighted by Crippen LogP contribution is 2.31. The van der Waals surface area contributed by atoms with E-state index in [9.17, 15) is 4.79 Å². The molecule has 1 aliphatic rings. The van der Waals surface area contributed by atoms with E-state index in [1.54, 1.807) is 0 Å². The first kappa shape index (κ1) is 17.7. The summed E-state index contributed by atoms with van der Waals surface area (Å²) in [6, 6.07) is 10.7. The van der Waals surface area contributed by atoms with Crippen LogP contribution in [0.15, 0.2) is 36.5 Å². The quantitative estimate of drug-likeness (QED) is 0.772. The van der Waals surface area contributed by atoms with Crippen LogP contribution in [0.4, 0.5) is 5.82 Å². The number of carbonyl (C=O) groups excluding carboxylic acids is 1. The number of likely N-dealkylation sites (N-methyl/N-ethyl adjacent to an activating group) is 1. The molecule has 0 bridgehead atoms. The van der Waals surface area contributed by atoms with E-state index >= 15 is 0 Å². The van der Waals surface area contributed by atoms with Crippen molar-refractivity contribution in [2.45, 2.75) is 39.8 Å². The average Bonchev–Trinajstić information content (AvgIpc) is 2.93. The molecule has 140 valence electrons. The molecule has 0 atom stereocenters. The van der Waals surface area contributed by atoms with Crippen LogP contribution in [0, 0.1) is 6.92 Å². The summed E-state index contributed by atoms with van der Waals surface area (Å²) in [5.74, 6) is 0.509. The van der Waals surface area contributed by atoms with Gasteiger partial charge in [0.05, 0.1) is 0 Å². The number of anilines is 1. The highest BCUT2D eigenvalue weighted by atomic mass is 16.1. The number of carbonyl (C=O) groups is 1. The summed E-state index contributed by atoms with van der Waals surface area (Å²) in [6.07, 6.45) is 3.88. The van der Waals surface area contributed by atoms with Gasteiger partial charge in [0, 0.05) is 55.8 Å². The predicted molar refractivity (Wildman–Crippen MR) is 109 cm³/mol. The van der Waals surface area contributed by atoms with Gasteiger partial charge in [-0.2, -0.15) is 0 Å². The lowest BCUT2D eigenvalue weighted by Gasteiger charge is -2.24. The van der Waals surface area contributed by atoms with Gasteiger partial charge in [-0.05, 0) is 49.7 Å². The number of amides is 1. The molecule has 0 spiro atoms. The smallest absolute Gasteiger partial charge is 0.222 e. The SMILES string of the molecule is CC(=O)Nc1ccc(CCn2c3c(c4cc(C)ccc42)CN(C)CC3)cn1. The number of nitrogens with one attached hydrogen (secondary N) is 1. The third-order valence-corrected chi connectivity index (χ3v) is 5.35. The van der Waals surface area contributed by atoms with Crippen molar-refractivity contribution >= 4 is 22.6 Å². The molecule has 5 nitrogen and oxygen atoms in total. The minimum absolute atomic E-state index is 0.0963. The topological polar surface area (TPSA) is 50.2 Å². The Labute approximate surface area is 160 Å². The van der Waals surface area contributed by atoms with E-state index in [1.807, 2.05) is 18.3 Å². The fourth-order valence-electron chi connectivity index (χ4n) is 4.02. The fourth-order valence-corrected chi connectivity index (χ4v) is 4.02. The molecule has 3 aromatic rings. The van der Waals surface area contributed by atoms with Crippen molar-refractivity contribution in [3.8, 4) is 0 Å². The van der Waals surface area contributed by atoms with Crippen LogP contribution < -0.4 is 5.32 Å². The molecule has 0 unspecified atom stereocenters. The zero-order valence-electron chi connectivity index (χ0n) is 16.2. The van der Waals surface area contributed by atoms with E-state index in [0.29, 0.717) is 5.82 Å². The number of hydrogen-bond acceptors (Lipinski definition) is 3. The van der Waals surface area contributed by atoms with E-state index < -0.39 is 0 Å². The highest BCUT2D eigenvalue weighted by Gasteiger charge is 2.22. The third kappa shape index (κ3) is 3.60. The van der Waals surface area contributed by atoms with Crippen LogP contribution in [-0.2, 0) is 30.7 Å². The Morgan fingerprint density at radius 2 is 2.11 bits per heavy atom. The van der Waals surface area contributed by atoms with Crippen molar-refractivity contribution in [1.29, 1.82) is 0 Å². The molecule has 3 heterocycles. The Balaban J connectivity index is 1.61. The van der Waals surface area contributed by atoms with Crippen molar-refractivity contribution in [1.82, 2.24) is 14.5 Å². The van der Waals surface area contributed by atoms with E-state index in [1.165, 1.54) is 40.2 Å². The molecule has 0 fully saturated rings. The maximum absolute atomic E-state index is 11.1. The number of nitrogens with zero attached hydrogens (tertiary/aromatic N) is 3. The van der Waals surface area contributed by atoms with Gasteiger partial charge in [0.2, 0.25) is 5.91 Å². The first-order valence-electron chi connectivity index (χ1n) is 9.53. The number of fused-ring (bicyclic) bond motifs is 3. The number of aromatic nitrogens is 2. The number of benzene rings is 1. The summed E-state index contributed by atoms with van der Waals surface area (Å²) in [6.45, 7) is 6.73. The number of aryl methyl sites for hydroxylation is 3. The lowest BCUT2D eigenvalue weighted by Crippen LogP contribution is -2.27. The average molecular weight is 362 g/mol. The zero-order chi connectivity index (χ0) is 19.0. The van der Waals surface area contributed by atoms with Gasteiger partial charge in [-0.25, -0.2) is 4.98 Å². The van der Waals surface area contributed by atoms with Gasteiger partial charge in [0.25, 0.3) is 0 Å². The molecule has 1 aromatic carbocycles. The molecule has 4 rings (SSSR count). The van der Waals surface area contributed by atoms with Crippen LogP contribution in [0.1, 0.15) is 29.3 Å². The molecule has 0 aliphatic carbocycles. The second kappa shape index (κ2) is 7.16. The predicted octanol–water partition coefficient (Wildman–Crippen LogP) is 3.53. The van der Waals surface area contributed by atoms with Crippen molar-refractivity contribution in [3.63, 3.8) is 0 Å². The molecular weight excluding hydrogens is 336 g/mol. The summed E-state index contributed by atoms with van der Waals surface area (Å²) < 4.78 is 2.50. The van der Waals surface area contributed by atoms with Gasteiger partial charge in [0.15, 0.2) is 0 Å². The van der Waals surface area contributed by atoms with Gasteiger partial charge >= 0.3 is 0 Å². The fraction of sp³-hybridized carbons (Fsp3) is 0.364. The van der Waals surface area contributed by atoms with Crippen molar-refractivity contribution in [3.05, 3.63) is 58.9 Å². The molecule has 0 saturated carbocycles. The van der Waals surface area contributed by atoms with Crippen LogP contribution in [0.2, 0.25) is 0 Å². The van der Waals surface area contributed by atoms with E-state index in [4.69, 9.17) is 0 Å². The molecule has 0 radical (unpaired) electrons. The van der Waals surface area contributed by atoms with E-state index in [0.717, 1.165) is 32.5 Å². The number of rotatable bonds is 4. The summed E-state index contributed by atoms with van der Waals surface area (Å²) in [5.41, 5.74) is 6.80. The van der Waals surface area contributed by atoms with Crippen molar-refractivity contribution < 1.29 is 4.79 Å². The Morgan fingerprint density at radius 3 is 2.85 bits per heavy atom. The Hall–Kier alpha value is -2.66. The zero-order valence-corrected chi connectivity index (χ0v) is 16.2. The minimum atomic E-state index is -0.0963. The lowest BCUT2D eigenvalue weighted by atomic mass is 10.0. The minimum Gasteiger partial charge on any atom is -0.344 e. The maximum Gasteiger partial charge on any atom is 0.222 e.